The number of hydrogen-bond donors (Lipinski definition) is 0. The molecule has 5 nitrogen and oxygen atoms in total. The summed E-state index contributed by atoms with van der Waals surface area (Å²) < 4.78 is 147. The van der Waals surface area contributed by atoms with E-state index in [-0.39, 0.29) is 18.6 Å². The van der Waals surface area contributed by atoms with E-state index < -0.39 is 73.7 Å². The van der Waals surface area contributed by atoms with Gasteiger partial charge < -0.3 is 22.4 Å². The van der Waals surface area contributed by atoms with Crippen molar-refractivity contribution in [3.8, 4) is 0 Å². The van der Waals surface area contributed by atoms with Crippen LogP contribution in [0.15, 0.2) is 0 Å². The van der Waals surface area contributed by atoms with Crippen LogP contribution in [0.2, 0.25) is 50.9 Å². The SMILES string of the molecule is CO[Si](OC)(OC)C1CCC1(C[Si](C)(C)C)C(CCOCCC(F)(F)C(F)(F)C(F)(F)C(F)(F)F)O[Si](C)(C)C. The van der Waals surface area contributed by atoms with Crippen molar-refractivity contribution >= 4 is 25.2 Å². The van der Waals surface area contributed by atoms with E-state index in [1.165, 1.54) is 21.3 Å². The van der Waals surface area contributed by atoms with Crippen molar-refractivity contribution in [3.63, 3.8) is 0 Å². The Bertz CT molecular complexity index is 807. The van der Waals surface area contributed by atoms with Gasteiger partial charge in [0.15, 0.2) is 8.32 Å². The first-order valence-corrected chi connectivity index (χ1v) is 21.8. The molecule has 17 heteroatoms. The Kier molecular flexibility index (Phi) is 12.1. The summed E-state index contributed by atoms with van der Waals surface area (Å²) in [6, 6.07) is 0.779. The van der Waals surface area contributed by atoms with Crippen LogP contribution in [0.4, 0.5) is 39.5 Å². The summed E-state index contributed by atoms with van der Waals surface area (Å²) in [4.78, 5) is 0. The van der Waals surface area contributed by atoms with E-state index in [0.29, 0.717) is 0 Å². The van der Waals surface area contributed by atoms with Gasteiger partial charge >= 0.3 is 32.7 Å². The van der Waals surface area contributed by atoms with Crippen molar-refractivity contribution in [1.29, 1.82) is 0 Å². The molecule has 0 spiro atoms. The fourth-order valence-electron chi connectivity index (χ4n) is 5.51. The lowest BCUT2D eigenvalue weighted by Crippen LogP contribution is -2.64. The minimum absolute atomic E-state index is 0.146. The van der Waals surface area contributed by atoms with Crippen molar-refractivity contribution in [2.75, 3.05) is 34.5 Å². The van der Waals surface area contributed by atoms with Crippen molar-refractivity contribution < 1.29 is 62.0 Å². The Morgan fingerprint density at radius 2 is 1.27 bits per heavy atom. The zero-order chi connectivity index (χ0) is 31.6. The second-order valence-electron chi connectivity index (χ2n) is 12.5. The van der Waals surface area contributed by atoms with Crippen LogP contribution in [0.3, 0.4) is 0 Å². The van der Waals surface area contributed by atoms with Gasteiger partial charge in [0.2, 0.25) is 0 Å². The number of halogens is 9. The predicted octanol–water partition coefficient (Wildman–Crippen LogP) is 7.84. The molecule has 1 aliphatic rings. The molecule has 0 aromatic heterocycles. The van der Waals surface area contributed by atoms with Crippen LogP contribution in [0.25, 0.3) is 0 Å². The fourth-order valence-corrected chi connectivity index (χ4v) is 12.5. The van der Waals surface area contributed by atoms with E-state index in [1.54, 1.807) is 0 Å². The number of rotatable bonds is 17. The molecule has 1 rings (SSSR count). The summed E-state index contributed by atoms with van der Waals surface area (Å²) in [5.74, 6) is -19.2. The maximum Gasteiger partial charge on any atom is 0.504 e. The van der Waals surface area contributed by atoms with E-state index in [0.717, 1.165) is 18.9 Å². The smallest absolute Gasteiger partial charge is 0.414 e. The lowest BCUT2D eigenvalue weighted by molar-refractivity contribution is -0.397. The third-order valence-electron chi connectivity index (χ3n) is 7.16. The molecule has 0 aromatic rings. The highest BCUT2D eigenvalue weighted by atomic mass is 28.4. The van der Waals surface area contributed by atoms with Gasteiger partial charge in [0, 0.05) is 53.4 Å². The van der Waals surface area contributed by atoms with Crippen LogP contribution in [-0.2, 0) is 22.4 Å². The average molecular weight is 655 g/mol. The molecule has 3 unspecified atom stereocenters. The summed E-state index contributed by atoms with van der Waals surface area (Å²) in [7, 11) is -2.66. The van der Waals surface area contributed by atoms with Crippen LogP contribution in [-0.4, -0.2) is 89.8 Å². The molecule has 0 bridgehead atoms. The third kappa shape index (κ3) is 8.05. The van der Waals surface area contributed by atoms with Crippen LogP contribution >= 0.6 is 0 Å². The minimum Gasteiger partial charge on any atom is -0.414 e. The predicted molar refractivity (Wildman–Crippen MR) is 140 cm³/mol. The maximum absolute atomic E-state index is 13.9. The molecule has 3 atom stereocenters. The Morgan fingerprint density at radius 3 is 1.62 bits per heavy atom. The van der Waals surface area contributed by atoms with Crippen LogP contribution < -0.4 is 0 Å². The van der Waals surface area contributed by atoms with Gasteiger partial charge in [-0.15, -0.1) is 0 Å². The average Bonchev–Trinajstić information content (AvgIpc) is 2.76. The molecule has 0 amide bonds. The molecule has 1 aliphatic carbocycles. The van der Waals surface area contributed by atoms with E-state index in [4.69, 9.17) is 22.4 Å². The van der Waals surface area contributed by atoms with E-state index in [2.05, 4.69) is 19.6 Å². The molecule has 1 saturated carbocycles. The largest absolute Gasteiger partial charge is 0.504 e. The number of ether oxygens (including phenoxy) is 1. The highest BCUT2D eigenvalue weighted by molar-refractivity contribution is 6.76. The Balaban J connectivity index is 3.16. The van der Waals surface area contributed by atoms with Crippen LogP contribution in [0, 0.1) is 5.41 Å². The minimum atomic E-state index is -6.91. The topological polar surface area (TPSA) is 46.2 Å². The summed E-state index contributed by atoms with van der Waals surface area (Å²) in [6.45, 7) is 11.0. The fraction of sp³-hybridized carbons (Fsp3) is 1.00. The van der Waals surface area contributed by atoms with Crippen molar-refractivity contribution in [3.05, 3.63) is 0 Å². The number of alkyl halides is 9. The molecule has 0 saturated heterocycles. The van der Waals surface area contributed by atoms with E-state index in [1.807, 2.05) is 19.6 Å². The van der Waals surface area contributed by atoms with Gasteiger partial charge in [-0.3, -0.25) is 0 Å². The zero-order valence-corrected chi connectivity index (χ0v) is 27.5. The monoisotopic (exact) mass is 654 g/mol. The Morgan fingerprint density at radius 1 is 0.775 bits per heavy atom. The lowest BCUT2D eigenvalue weighted by atomic mass is 9.65. The van der Waals surface area contributed by atoms with Gasteiger partial charge in [0.1, 0.15) is 0 Å². The van der Waals surface area contributed by atoms with Crippen LogP contribution in [0.1, 0.15) is 25.7 Å². The quantitative estimate of drug-likeness (QED) is 0.0909. The zero-order valence-electron chi connectivity index (χ0n) is 24.5. The number of hydrogen-bond acceptors (Lipinski definition) is 5. The molecule has 0 aromatic carbocycles. The van der Waals surface area contributed by atoms with Gasteiger partial charge in [0.25, 0.3) is 0 Å². The van der Waals surface area contributed by atoms with Gasteiger partial charge in [-0.25, -0.2) is 0 Å². The molecule has 1 fully saturated rings. The first kappa shape index (κ1) is 37.8. The molecular weight excluding hydrogens is 611 g/mol. The van der Waals surface area contributed by atoms with E-state index in [9.17, 15) is 39.5 Å². The van der Waals surface area contributed by atoms with Gasteiger partial charge in [-0.1, -0.05) is 19.6 Å². The van der Waals surface area contributed by atoms with Gasteiger partial charge in [0.05, 0.1) is 12.7 Å². The molecular formula is C23H43F9O5Si3. The summed E-state index contributed by atoms with van der Waals surface area (Å²) in [5.41, 5.74) is -0.630. The van der Waals surface area contributed by atoms with Crippen LogP contribution in [0.5, 0.6) is 0 Å². The molecule has 240 valence electrons. The molecule has 0 aliphatic heterocycles. The first-order chi connectivity index (χ1) is 17.8. The highest BCUT2D eigenvalue weighted by Gasteiger charge is 2.81. The third-order valence-corrected chi connectivity index (χ3v) is 13.3. The maximum atomic E-state index is 13.9. The summed E-state index contributed by atoms with van der Waals surface area (Å²) >= 11 is 0. The van der Waals surface area contributed by atoms with Crippen molar-refractivity contribution in [2.24, 2.45) is 5.41 Å². The Labute approximate surface area is 233 Å². The second-order valence-corrected chi connectivity index (χ2v) is 25.6. The lowest BCUT2D eigenvalue weighted by Gasteiger charge is -2.59. The Hall–Kier alpha value is -0.179. The highest BCUT2D eigenvalue weighted by Crippen LogP contribution is 2.63. The van der Waals surface area contributed by atoms with Gasteiger partial charge in [-0.05, 0) is 44.9 Å². The molecule has 0 heterocycles. The standard InChI is InChI=1S/C23H43F9O5Si3/c1-33-40(34-2,35-3)18-10-12-19(18,16-38(4,5)6)17(37-39(7,8)9)11-14-36-15-13-20(24,25)21(26,27)22(28,29)23(30,31)32/h17-18H,10-16H2,1-9H3. The second kappa shape index (κ2) is 12.8. The van der Waals surface area contributed by atoms with Crippen molar-refractivity contribution in [2.45, 2.75) is 107 Å². The van der Waals surface area contributed by atoms with E-state index >= 15 is 0 Å². The summed E-state index contributed by atoms with van der Waals surface area (Å²) in [5, 5.41) is 0. The normalized spacial score (nSPS) is 22.8. The molecule has 0 radical (unpaired) electrons. The van der Waals surface area contributed by atoms with Crippen molar-refractivity contribution in [1.82, 2.24) is 0 Å². The first-order valence-electron chi connectivity index (χ1n) is 12.9. The summed E-state index contributed by atoms with van der Waals surface area (Å²) in [6.07, 6.45) is -7.74. The van der Waals surface area contributed by atoms with Gasteiger partial charge in [-0.2, -0.15) is 39.5 Å². The molecule has 40 heavy (non-hydrogen) atoms. The molecule has 0 N–H and O–H groups in total.